The van der Waals surface area contributed by atoms with Crippen LogP contribution in [0.1, 0.15) is 5.56 Å². The first-order valence-electron chi connectivity index (χ1n) is 5.94. The standard InChI is InChI=1S/C15H9ClFIN2/c1-8-6-9(2-4-12(8)17)15-19-13-5-3-10(18)7-11(13)14(16)20-15/h2-7H,1H3. The van der Waals surface area contributed by atoms with Crippen molar-refractivity contribution < 1.29 is 4.39 Å². The number of hydrogen-bond acceptors (Lipinski definition) is 2. The molecule has 2 aromatic carbocycles. The summed E-state index contributed by atoms with van der Waals surface area (Å²) in [6.45, 7) is 1.71. The Morgan fingerprint density at radius 2 is 1.90 bits per heavy atom. The Morgan fingerprint density at radius 1 is 1.10 bits per heavy atom. The van der Waals surface area contributed by atoms with Crippen LogP contribution >= 0.6 is 34.2 Å². The molecule has 3 aromatic rings. The fourth-order valence-electron chi connectivity index (χ4n) is 1.98. The smallest absolute Gasteiger partial charge is 0.161 e. The zero-order valence-electron chi connectivity index (χ0n) is 10.5. The molecule has 0 aliphatic rings. The molecule has 0 saturated heterocycles. The third-order valence-electron chi connectivity index (χ3n) is 3.03. The van der Waals surface area contributed by atoms with Gasteiger partial charge in [0.15, 0.2) is 5.82 Å². The van der Waals surface area contributed by atoms with Gasteiger partial charge in [-0.2, -0.15) is 0 Å². The molecule has 20 heavy (non-hydrogen) atoms. The summed E-state index contributed by atoms with van der Waals surface area (Å²) < 4.78 is 14.4. The number of fused-ring (bicyclic) bond motifs is 1. The quantitative estimate of drug-likeness (QED) is 0.426. The lowest BCUT2D eigenvalue weighted by atomic mass is 10.1. The molecule has 5 heteroatoms. The Labute approximate surface area is 134 Å². The van der Waals surface area contributed by atoms with Gasteiger partial charge in [-0.25, -0.2) is 14.4 Å². The summed E-state index contributed by atoms with van der Waals surface area (Å²) >= 11 is 8.44. The van der Waals surface area contributed by atoms with Crippen LogP contribution in [0.25, 0.3) is 22.3 Å². The van der Waals surface area contributed by atoms with Crippen molar-refractivity contribution in [1.29, 1.82) is 0 Å². The molecule has 0 atom stereocenters. The Kier molecular flexibility index (Phi) is 3.60. The lowest BCUT2D eigenvalue weighted by molar-refractivity contribution is 0.618. The molecule has 0 spiro atoms. The van der Waals surface area contributed by atoms with Gasteiger partial charge in [0.2, 0.25) is 0 Å². The minimum atomic E-state index is -0.241. The molecule has 3 rings (SSSR count). The van der Waals surface area contributed by atoms with Gasteiger partial charge in [0.25, 0.3) is 0 Å². The van der Waals surface area contributed by atoms with Gasteiger partial charge in [0.1, 0.15) is 11.0 Å². The summed E-state index contributed by atoms with van der Waals surface area (Å²) in [6.07, 6.45) is 0. The Bertz CT molecular complexity index is 820. The lowest BCUT2D eigenvalue weighted by Crippen LogP contribution is -1.93. The van der Waals surface area contributed by atoms with Crippen LogP contribution in [0.3, 0.4) is 0 Å². The van der Waals surface area contributed by atoms with Gasteiger partial charge in [-0.3, -0.25) is 0 Å². The summed E-state index contributed by atoms with van der Waals surface area (Å²) in [5.41, 5.74) is 2.10. The van der Waals surface area contributed by atoms with Gasteiger partial charge in [0, 0.05) is 14.5 Å². The lowest BCUT2D eigenvalue weighted by Gasteiger charge is -2.06. The topological polar surface area (TPSA) is 25.8 Å². The largest absolute Gasteiger partial charge is 0.228 e. The second-order valence-corrected chi connectivity index (χ2v) is 6.07. The molecule has 0 unspecified atom stereocenters. The number of benzene rings is 2. The van der Waals surface area contributed by atoms with Gasteiger partial charge in [-0.15, -0.1) is 0 Å². The number of nitrogens with zero attached hydrogens (tertiary/aromatic N) is 2. The summed E-state index contributed by atoms with van der Waals surface area (Å²) in [5, 5.41) is 1.23. The van der Waals surface area contributed by atoms with E-state index < -0.39 is 0 Å². The van der Waals surface area contributed by atoms with Crippen LogP contribution < -0.4 is 0 Å². The van der Waals surface area contributed by atoms with E-state index in [0.717, 1.165) is 20.0 Å². The van der Waals surface area contributed by atoms with E-state index in [1.165, 1.54) is 6.07 Å². The fourth-order valence-corrected chi connectivity index (χ4v) is 2.70. The maximum absolute atomic E-state index is 13.3. The Balaban J connectivity index is 2.21. The molecule has 1 heterocycles. The molecule has 0 aliphatic carbocycles. The third kappa shape index (κ3) is 2.50. The van der Waals surface area contributed by atoms with Gasteiger partial charge in [0.05, 0.1) is 5.52 Å². The van der Waals surface area contributed by atoms with E-state index in [1.54, 1.807) is 19.1 Å². The third-order valence-corrected chi connectivity index (χ3v) is 3.99. The molecule has 0 saturated carbocycles. The van der Waals surface area contributed by atoms with Crippen LogP contribution in [0, 0.1) is 16.3 Å². The predicted molar refractivity (Wildman–Crippen MR) is 87.4 cm³/mol. The minimum absolute atomic E-state index is 0.241. The summed E-state index contributed by atoms with van der Waals surface area (Å²) in [6, 6.07) is 10.6. The molecular formula is C15H9ClFIN2. The van der Waals surface area contributed by atoms with Crippen LogP contribution in [-0.4, -0.2) is 9.97 Å². The maximum Gasteiger partial charge on any atom is 0.161 e. The van der Waals surface area contributed by atoms with Gasteiger partial charge in [-0.05, 0) is 71.5 Å². The van der Waals surface area contributed by atoms with Crippen molar-refractivity contribution >= 4 is 45.1 Å². The molecule has 0 bridgehead atoms. The van der Waals surface area contributed by atoms with Crippen LogP contribution in [0.5, 0.6) is 0 Å². The average Bonchev–Trinajstić information content (AvgIpc) is 2.42. The van der Waals surface area contributed by atoms with E-state index in [9.17, 15) is 4.39 Å². The van der Waals surface area contributed by atoms with Crippen molar-refractivity contribution in [3.05, 3.63) is 56.5 Å². The highest BCUT2D eigenvalue weighted by atomic mass is 127. The summed E-state index contributed by atoms with van der Waals surface area (Å²) in [4.78, 5) is 8.81. The highest BCUT2D eigenvalue weighted by Gasteiger charge is 2.09. The van der Waals surface area contributed by atoms with Crippen LogP contribution in [-0.2, 0) is 0 Å². The molecule has 0 aliphatic heterocycles. The first kappa shape index (κ1) is 13.7. The highest BCUT2D eigenvalue weighted by molar-refractivity contribution is 14.1. The van der Waals surface area contributed by atoms with Crippen molar-refractivity contribution in [1.82, 2.24) is 9.97 Å². The van der Waals surface area contributed by atoms with Crippen molar-refractivity contribution in [2.45, 2.75) is 6.92 Å². The SMILES string of the molecule is Cc1cc(-c2nc(Cl)c3cc(I)ccc3n2)ccc1F. The van der Waals surface area contributed by atoms with Crippen LogP contribution in [0.4, 0.5) is 4.39 Å². The minimum Gasteiger partial charge on any atom is -0.228 e. The Hall–Kier alpha value is -1.27. The maximum atomic E-state index is 13.3. The normalized spacial score (nSPS) is 11.0. The fraction of sp³-hybridized carbons (Fsp3) is 0.0667. The second-order valence-electron chi connectivity index (χ2n) is 4.46. The van der Waals surface area contributed by atoms with Gasteiger partial charge >= 0.3 is 0 Å². The molecule has 0 fully saturated rings. The number of aryl methyl sites for hydroxylation is 1. The zero-order chi connectivity index (χ0) is 14.3. The number of halogens is 3. The van der Waals surface area contributed by atoms with Crippen molar-refractivity contribution in [3.63, 3.8) is 0 Å². The van der Waals surface area contributed by atoms with Crippen molar-refractivity contribution in [2.24, 2.45) is 0 Å². The molecule has 100 valence electrons. The molecule has 2 nitrogen and oxygen atoms in total. The Morgan fingerprint density at radius 3 is 2.65 bits per heavy atom. The van der Waals surface area contributed by atoms with E-state index in [1.807, 2.05) is 18.2 Å². The van der Waals surface area contributed by atoms with E-state index in [4.69, 9.17) is 11.6 Å². The number of rotatable bonds is 1. The molecule has 0 radical (unpaired) electrons. The van der Waals surface area contributed by atoms with Gasteiger partial charge in [-0.1, -0.05) is 11.6 Å². The van der Waals surface area contributed by atoms with Crippen molar-refractivity contribution in [2.75, 3.05) is 0 Å². The molecule has 0 amide bonds. The first-order valence-corrected chi connectivity index (χ1v) is 7.39. The molecule has 0 N–H and O–H groups in total. The molecule has 1 aromatic heterocycles. The summed E-state index contributed by atoms with van der Waals surface area (Å²) in [7, 11) is 0. The van der Waals surface area contributed by atoms with Crippen LogP contribution in [0.2, 0.25) is 5.15 Å². The second kappa shape index (κ2) is 5.26. The molecular weight excluding hydrogens is 390 g/mol. The number of hydrogen-bond donors (Lipinski definition) is 0. The predicted octanol–water partition coefficient (Wildman–Crippen LogP) is 5.00. The highest BCUT2D eigenvalue weighted by Crippen LogP contribution is 2.26. The van der Waals surface area contributed by atoms with Gasteiger partial charge < -0.3 is 0 Å². The van der Waals surface area contributed by atoms with Crippen molar-refractivity contribution in [3.8, 4) is 11.4 Å². The van der Waals surface area contributed by atoms with E-state index >= 15 is 0 Å². The zero-order valence-corrected chi connectivity index (χ0v) is 13.4. The average molecular weight is 399 g/mol. The number of aromatic nitrogens is 2. The van der Waals surface area contributed by atoms with Crippen LogP contribution in [0.15, 0.2) is 36.4 Å². The van der Waals surface area contributed by atoms with E-state index in [-0.39, 0.29) is 5.82 Å². The monoisotopic (exact) mass is 398 g/mol. The van der Waals surface area contributed by atoms with E-state index in [2.05, 4.69) is 32.6 Å². The van der Waals surface area contributed by atoms with E-state index in [0.29, 0.717) is 16.5 Å². The first-order chi connectivity index (χ1) is 9.54. The summed E-state index contributed by atoms with van der Waals surface area (Å²) in [5.74, 6) is 0.266.